The van der Waals surface area contributed by atoms with Gasteiger partial charge in [0.1, 0.15) is 5.82 Å². The van der Waals surface area contributed by atoms with Gasteiger partial charge in [0.25, 0.3) is 0 Å². The normalized spacial score (nSPS) is 13.9. The maximum atomic E-state index is 5.64. The third-order valence-electron chi connectivity index (χ3n) is 2.41. The minimum Gasteiger partial charge on any atom is -0.334 e. The van der Waals surface area contributed by atoms with Crippen molar-refractivity contribution in [3.8, 4) is 0 Å². The number of rotatable bonds is 6. The smallest absolute Gasteiger partial charge is 0.128 e. The molecule has 1 rings (SSSR count). The largest absolute Gasteiger partial charge is 0.334 e. The molecule has 0 amide bonds. The van der Waals surface area contributed by atoms with Crippen LogP contribution in [0.15, 0.2) is 12.4 Å². The molecule has 0 radical (unpaired) electrons. The van der Waals surface area contributed by atoms with E-state index < -0.39 is 0 Å². The van der Waals surface area contributed by atoms with Crippen LogP contribution in [-0.4, -0.2) is 20.1 Å². The van der Waals surface area contributed by atoms with Gasteiger partial charge in [-0.1, -0.05) is 27.7 Å². The molecule has 1 heterocycles. The summed E-state index contributed by atoms with van der Waals surface area (Å²) in [5.41, 5.74) is 2.87. The standard InChI is InChI=1S/C12H24N4S/c1-5-7-16-8-6-14-11(16)10(15-13)9-17-12(2,3)4/h6,8,10,15H,5,7,9,13H2,1-4H3. The van der Waals surface area contributed by atoms with E-state index in [-0.39, 0.29) is 10.8 Å². The van der Waals surface area contributed by atoms with E-state index in [4.69, 9.17) is 5.84 Å². The fraction of sp³-hybridized carbons (Fsp3) is 0.750. The Labute approximate surface area is 108 Å². The van der Waals surface area contributed by atoms with E-state index in [0.29, 0.717) is 0 Å². The van der Waals surface area contributed by atoms with Crippen LogP contribution in [-0.2, 0) is 6.54 Å². The van der Waals surface area contributed by atoms with Gasteiger partial charge >= 0.3 is 0 Å². The average Bonchev–Trinajstić information content (AvgIpc) is 2.66. The lowest BCUT2D eigenvalue weighted by molar-refractivity contribution is 0.526. The lowest BCUT2D eigenvalue weighted by Crippen LogP contribution is -2.33. The van der Waals surface area contributed by atoms with Gasteiger partial charge < -0.3 is 4.57 Å². The van der Waals surface area contributed by atoms with E-state index >= 15 is 0 Å². The maximum Gasteiger partial charge on any atom is 0.128 e. The molecule has 98 valence electrons. The van der Waals surface area contributed by atoms with Crippen molar-refractivity contribution < 1.29 is 0 Å². The third kappa shape index (κ3) is 4.69. The Kier molecular flexibility index (Phi) is 5.49. The van der Waals surface area contributed by atoms with Crippen molar-refractivity contribution in [2.24, 2.45) is 5.84 Å². The summed E-state index contributed by atoms with van der Waals surface area (Å²) in [7, 11) is 0. The Bertz CT molecular complexity index is 329. The van der Waals surface area contributed by atoms with E-state index in [0.717, 1.165) is 24.5 Å². The van der Waals surface area contributed by atoms with Crippen LogP contribution in [0.25, 0.3) is 0 Å². The molecule has 4 nitrogen and oxygen atoms in total. The van der Waals surface area contributed by atoms with Crippen molar-refractivity contribution in [1.29, 1.82) is 0 Å². The lowest BCUT2D eigenvalue weighted by atomic mass is 10.3. The quantitative estimate of drug-likeness (QED) is 0.606. The number of nitrogens with one attached hydrogen (secondary N) is 1. The zero-order valence-corrected chi connectivity index (χ0v) is 12.0. The van der Waals surface area contributed by atoms with Crippen molar-refractivity contribution in [3.63, 3.8) is 0 Å². The fourth-order valence-electron chi connectivity index (χ4n) is 1.59. The summed E-state index contributed by atoms with van der Waals surface area (Å²) < 4.78 is 2.42. The SMILES string of the molecule is CCCn1ccnc1C(CSC(C)(C)C)NN. The predicted octanol–water partition coefficient (Wildman–Crippen LogP) is 2.33. The van der Waals surface area contributed by atoms with Crippen LogP contribution in [0.1, 0.15) is 46.0 Å². The van der Waals surface area contributed by atoms with Crippen molar-refractivity contribution in [3.05, 3.63) is 18.2 Å². The van der Waals surface area contributed by atoms with Gasteiger partial charge in [-0.25, -0.2) is 10.4 Å². The Morgan fingerprint density at radius 3 is 2.76 bits per heavy atom. The highest BCUT2D eigenvalue weighted by Gasteiger charge is 2.19. The zero-order chi connectivity index (χ0) is 12.9. The molecule has 0 bridgehead atoms. The number of nitrogens with zero attached hydrogens (tertiary/aromatic N) is 2. The van der Waals surface area contributed by atoms with Crippen molar-refractivity contribution in [2.45, 2.75) is 51.4 Å². The van der Waals surface area contributed by atoms with Gasteiger partial charge in [-0.15, -0.1) is 0 Å². The van der Waals surface area contributed by atoms with Crippen LogP contribution < -0.4 is 11.3 Å². The Morgan fingerprint density at radius 2 is 2.24 bits per heavy atom. The van der Waals surface area contributed by atoms with Crippen LogP contribution in [0.3, 0.4) is 0 Å². The number of aromatic nitrogens is 2. The number of thioether (sulfide) groups is 1. The number of imidazole rings is 1. The predicted molar refractivity (Wildman–Crippen MR) is 74.8 cm³/mol. The summed E-state index contributed by atoms with van der Waals surface area (Å²) in [5, 5.41) is 0. The van der Waals surface area contributed by atoms with E-state index in [1.54, 1.807) is 0 Å². The number of aryl methyl sites for hydroxylation is 1. The average molecular weight is 256 g/mol. The molecule has 5 heteroatoms. The highest BCUT2D eigenvalue weighted by atomic mass is 32.2. The summed E-state index contributed by atoms with van der Waals surface area (Å²) in [6, 6.07) is 0.112. The molecule has 0 saturated carbocycles. The van der Waals surface area contributed by atoms with Gasteiger partial charge in [-0.3, -0.25) is 5.84 Å². The van der Waals surface area contributed by atoms with Gasteiger partial charge in [-0.05, 0) is 6.42 Å². The first-order valence-electron chi connectivity index (χ1n) is 6.09. The fourth-order valence-corrected chi connectivity index (χ4v) is 2.50. The second-order valence-electron chi connectivity index (χ2n) is 5.12. The lowest BCUT2D eigenvalue weighted by Gasteiger charge is -2.22. The van der Waals surface area contributed by atoms with Gasteiger partial charge in [0, 0.05) is 29.4 Å². The first-order chi connectivity index (χ1) is 7.98. The molecule has 0 spiro atoms. The van der Waals surface area contributed by atoms with Crippen molar-refractivity contribution in [2.75, 3.05) is 5.75 Å². The Hall–Kier alpha value is -0.520. The van der Waals surface area contributed by atoms with Crippen LogP contribution in [0.2, 0.25) is 0 Å². The molecule has 0 aromatic carbocycles. The highest BCUT2D eigenvalue weighted by molar-refractivity contribution is 8.00. The van der Waals surface area contributed by atoms with Crippen molar-refractivity contribution >= 4 is 11.8 Å². The molecule has 0 aliphatic rings. The second-order valence-corrected chi connectivity index (χ2v) is 6.97. The molecule has 3 N–H and O–H groups in total. The molecule has 1 aromatic heterocycles. The molecular formula is C12H24N4S. The molecule has 0 saturated heterocycles. The summed E-state index contributed by atoms with van der Waals surface area (Å²) in [6.45, 7) is 9.80. The molecule has 0 fully saturated rings. The minimum atomic E-state index is 0.112. The second kappa shape index (κ2) is 6.42. The zero-order valence-electron chi connectivity index (χ0n) is 11.2. The first-order valence-corrected chi connectivity index (χ1v) is 7.07. The van der Waals surface area contributed by atoms with Crippen LogP contribution in [0.5, 0.6) is 0 Å². The van der Waals surface area contributed by atoms with Gasteiger partial charge in [0.15, 0.2) is 0 Å². The number of hydrogen-bond donors (Lipinski definition) is 2. The monoisotopic (exact) mass is 256 g/mol. The number of hydrazine groups is 1. The van der Waals surface area contributed by atoms with Gasteiger partial charge in [0.05, 0.1) is 6.04 Å². The molecular weight excluding hydrogens is 232 g/mol. The summed E-state index contributed by atoms with van der Waals surface area (Å²) >= 11 is 1.90. The molecule has 17 heavy (non-hydrogen) atoms. The number of nitrogens with two attached hydrogens (primary N) is 1. The van der Waals surface area contributed by atoms with E-state index in [1.807, 2.05) is 24.2 Å². The topological polar surface area (TPSA) is 55.9 Å². The summed E-state index contributed by atoms with van der Waals surface area (Å²) in [6.07, 6.45) is 4.97. The molecule has 1 unspecified atom stereocenters. The van der Waals surface area contributed by atoms with E-state index in [9.17, 15) is 0 Å². The first kappa shape index (κ1) is 14.5. The number of hydrogen-bond acceptors (Lipinski definition) is 4. The Balaban J connectivity index is 2.69. The van der Waals surface area contributed by atoms with Gasteiger partial charge in [-0.2, -0.15) is 11.8 Å². The highest BCUT2D eigenvalue weighted by Crippen LogP contribution is 2.27. The van der Waals surface area contributed by atoms with Crippen LogP contribution >= 0.6 is 11.8 Å². The maximum absolute atomic E-state index is 5.64. The van der Waals surface area contributed by atoms with Gasteiger partial charge in [0.2, 0.25) is 0 Å². The van der Waals surface area contributed by atoms with E-state index in [2.05, 4.69) is 42.7 Å². The summed E-state index contributed by atoms with van der Waals surface area (Å²) in [4.78, 5) is 4.41. The molecule has 1 atom stereocenters. The molecule has 1 aromatic rings. The van der Waals surface area contributed by atoms with Crippen LogP contribution in [0, 0.1) is 0 Å². The van der Waals surface area contributed by atoms with Crippen molar-refractivity contribution in [1.82, 2.24) is 15.0 Å². The van der Waals surface area contributed by atoms with E-state index in [1.165, 1.54) is 0 Å². The molecule has 0 aliphatic heterocycles. The summed E-state index contributed by atoms with van der Waals surface area (Å²) in [5.74, 6) is 7.61. The minimum absolute atomic E-state index is 0.112. The third-order valence-corrected chi connectivity index (χ3v) is 3.77. The van der Waals surface area contributed by atoms with Crippen LogP contribution in [0.4, 0.5) is 0 Å². The Morgan fingerprint density at radius 1 is 1.53 bits per heavy atom. The molecule has 0 aliphatic carbocycles.